The Hall–Kier alpha value is -5.62. The molecule has 0 aliphatic heterocycles. The summed E-state index contributed by atoms with van der Waals surface area (Å²) in [4.78, 5) is 10.6. The Morgan fingerprint density at radius 3 is 2.21 bits per heavy atom. The van der Waals surface area contributed by atoms with Crippen LogP contribution in [0.2, 0.25) is 0 Å². The Morgan fingerprint density at radius 1 is 0.745 bits per heavy atom. The summed E-state index contributed by atoms with van der Waals surface area (Å²) in [5.41, 5.74) is 1.58. The third kappa shape index (κ3) is 6.82. The minimum absolute atomic E-state index is 0.0131. The van der Waals surface area contributed by atoms with Gasteiger partial charge >= 0.3 is 6.08 Å². The summed E-state index contributed by atoms with van der Waals surface area (Å²) in [6.45, 7) is 1.86. The first kappa shape index (κ1) is 31.4. The Bertz CT molecular complexity index is 2480. The van der Waals surface area contributed by atoms with Crippen LogP contribution in [0.15, 0.2) is 105 Å². The van der Waals surface area contributed by atoms with E-state index in [0.29, 0.717) is 11.1 Å². The van der Waals surface area contributed by atoms with Gasteiger partial charge in [-0.2, -0.15) is 41.3 Å². The number of anilines is 4. The van der Waals surface area contributed by atoms with E-state index in [1.807, 2.05) is 13.0 Å². The number of phenolic OH excluding ortho intramolecular Hbond substituents is 1. The molecule has 0 atom stereocenters. The molecule has 0 aliphatic carbocycles. The number of nitrogens with one attached hydrogen (secondary N) is 2. The molecule has 17 heteroatoms. The lowest BCUT2D eigenvalue weighted by atomic mass is 10.1. The molecular formula is C30H22FN7O7S2. The average Bonchev–Trinajstić information content (AvgIpc) is 2.99. The smallest absolute Gasteiger partial charge is 0.315 e. The quantitative estimate of drug-likeness (QED) is 0.0838. The van der Waals surface area contributed by atoms with Crippen molar-refractivity contribution in [2.45, 2.75) is 16.7 Å². The molecule has 0 amide bonds. The van der Waals surface area contributed by atoms with E-state index in [4.69, 9.17) is 0 Å². The highest BCUT2D eigenvalue weighted by Gasteiger charge is 2.19. The molecule has 5 N–H and O–H groups in total. The molecule has 47 heavy (non-hydrogen) atoms. The van der Waals surface area contributed by atoms with Crippen LogP contribution in [0.1, 0.15) is 5.56 Å². The molecule has 0 radical (unpaired) electrons. The molecule has 6 aromatic rings. The normalized spacial score (nSPS) is 12.2. The molecule has 0 fully saturated rings. The second kappa shape index (κ2) is 12.0. The molecule has 238 valence electrons. The van der Waals surface area contributed by atoms with Gasteiger partial charge in [-0.25, -0.2) is 0 Å². The van der Waals surface area contributed by atoms with E-state index in [-0.39, 0.29) is 50.0 Å². The minimum atomic E-state index is -4.73. The zero-order valence-electron chi connectivity index (χ0n) is 24.0. The van der Waals surface area contributed by atoms with Crippen molar-refractivity contribution < 1.29 is 35.4 Å². The van der Waals surface area contributed by atoms with Crippen molar-refractivity contribution in [1.29, 1.82) is 0 Å². The van der Waals surface area contributed by atoms with Gasteiger partial charge in [0.1, 0.15) is 10.6 Å². The van der Waals surface area contributed by atoms with E-state index in [1.165, 1.54) is 42.5 Å². The van der Waals surface area contributed by atoms with Crippen LogP contribution in [-0.4, -0.2) is 46.0 Å². The summed E-state index contributed by atoms with van der Waals surface area (Å²) in [6.07, 6.45) is -1.16. The van der Waals surface area contributed by atoms with E-state index in [9.17, 15) is 35.4 Å². The van der Waals surface area contributed by atoms with Gasteiger partial charge in [0.25, 0.3) is 20.2 Å². The Morgan fingerprint density at radius 2 is 1.49 bits per heavy atom. The van der Waals surface area contributed by atoms with Gasteiger partial charge in [0.05, 0.1) is 16.3 Å². The van der Waals surface area contributed by atoms with Crippen LogP contribution >= 0.6 is 0 Å². The molecule has 1 aromatic heterocycles. The second-order valence-electron chi connectivity index (χ2n) is 10.2. The number of aromatic hydroxyl groups is 1. The fourth-order valence-corrected chi connectivity index (χ4v) is 6.07. The van der Waals surface area contributed by atoms with Gasteiger partial charge in [-0.15, -0.1) is 5.11 Å². The first-order valence-corrected chi connectivity index (χ1v) is 16.3. The lowest BCUT2D eigenvalue weighted by Gasteiger charge is -2.13. The van der Waals surface area contributed by atoms with Crippen LogP contribution in [0.5, 0.6) is 5.75 Å². The van der Waals surface area contributed by atoms with E-state index in [1.54, 1.807) is 24.3 Å². The van der Waals surface area contributed by atoms with Crippen LogP contribution in [0.25, 0.3) is 21.5 Å². The molecular weight excluding hydrogens is 654 g/mol. The van der Waals surface area contributed by atoms with Gasteiger partial charge in [-0.3, -0.25) is 9.11 Å². The number of halogens is 1. The number of benzene rings is 5. The number of aromatic nitrogens is 3. The minimum Gasteiger partial charge on any atom is -0.505 e. The number of hydrogen-bond donors (Lipinski definition) is 5. The van der Waals surface area contributed by atoms with Crippen molar-refractivity contribution in [3.05, 3.63) is 96.6 Å². The van der Waals surface area contributed by atoms with Gasteiger partial charge < -0.3 is 15.7 Å². The lowest BCUT2D eigenvalue weighted by molar-refractivity contribution is 0.480. The Kier molecular flexibility index (Phi) is 7.98. The molecule has 0 unspecified atom stereocenters. The molecule has 0 saturated heterocycles. The maximum absolute atomic E-state index is 14.5. The summed E-state index contributed by atoms with van der Waals surface area (Å²) in [7, 11) is -9.19. The zero-order valence-corrected chi connectivity index (χ0v) is 25.6. The van der Waals surface area contributed by atoms with Crippen LogP contribution in [-0.2, 0) is 20.2 Å². The van der Waals surface area contributed by atoms with Gasteiger partial charge in [0, 0.05) is 16.5 Å². The Labute approximate surface area is 266 Å². The second-order valence-corrected chi connectivity index (χ2v) is 13.0. The maximum atomic E-state index is 14.5. The zero-order chi connectivity index (χ0) is 33.5. The third-order valence-corrected chi connectivity index (χ3v) is 8.59. The van der Waals surface area contributed by atoms with Crippen molar-refractivity contribution in [3.8, 4) is 5.75 Å². The molecule has 5 aromatic carbocycles. The third-order valence-electron chi connectivity index (χ3n) is 6.84. The van der Waals surface area contributed by atoms with E-state index < -0.39 is 37.0 Å². The van der Waals surface area contributed by atoms with Crippen molar-refractivity contribution in [3.63, 3.8) is 0 Å². The van der Waals surface area contributed by atoms with Crippen LogP contribution in [0.4, 0.5) is 39.0 Å². The average molecular weight is 676 g/mol. The number of hydrogen-bond acceptors (Lipinski definition) is 12. The summed E-state index contributed by atoms with van der Waals surface area (Å²) < 4.78 is 81.4. The van der Waals surface area contributed by atoms with Crippen LogP contribution in [0.3, 0.4) is 0 Å². The first-order valence-electron chi connectivity index (χ1n) is 13.5. The lowest BCUT2D eigenvalue weighted by Crippen LogP contribution is -2.07. The summed E-state index contributed by atoms with van der Waals surface area (Å²) in [6, 6.07) is 20.8. The van der Waals surface area contributed by atoms with Crippen LogP contribution in [0, 0.1) is 13.0 Å². The Balaban J connectivity index is 1.40. The van der Waals surface area contributed by atoms with Crippen molar-refractivity contribution in [2.24, 2.45) is 10.2 Å². The number of aryl methyl sites for hydroxylation is 1. The summed E-state index contributed by atoms with van der Waals surface area (Å²) >= 11 is 0. The highest BCUT2D eigenvalue weighted by atomic mass is 32.2. The van der Waals surface area contributed by atoms with Crippen molar-refractivity contribution in [1.82, 2.24) is 15.0 Å². The van der Waals surface area contributed by atoms with Crippen molar-refractivity contribution >= 4 is 76.4 Å². The fraction of sp³-hybridized carbons (Fsp3) is 0.0333. The van der Waals surface area contributed by atoms with Gasteiger partial charge in [-0.05, 0) is 71.8 Å². The highest BCUT2D eigenvalue weighted by Crippen LogP contribution is 2.42. The van der Waals surface area contributed by atoms with Crippen LogP contribution < -0.4 is 10.6 Å². The largest absolute Gasteiger partial charge is 0.505 e. The molecule has 0 aliphatic rings. The predicted molar refractivity (Wildman–Crippen MR) is 171 cm³/mol. The number of rotatable bonds is 8. The fourth-order valence-electron chi connectivity index (χ4n) is 4.81. The molecule has 14 nitrogen and oxygen atoms in total. The number of fused-ring (bicyclic) bond motifs is 2. The monoisotopic (exact) mass is 675 g/mol. The van der Waals surface area contributed by atoms with Gasteiger partial charge in [-0.1, -0.05) is 36.4 Å². The molecule has 1 heterocycles. The maximum Gasteiger partial charge on any atom is 0.315 e. The van der Waals surface area contributed by atoms with Crippen molar-refractivity contribution in [2.75, 3.05) is 10.6 Å². The molecule has 0 bridgehead atoms. The first-order chi connectivity index (χ1) is 22.2. The van der Waals surface area contributed by atoms with Gasteiger partial charge in [0.15, 0.2) is 5.75 Å². The number of phenols is 1. The SMILES string of the molecule is Cc1cccc(Nc2nc(F)nc(Nc3cc(S(=O)(=O)O)cc4ccc(N=Nc5ccc6c(S(=O)(=O)O)cccc6c5)c(O)c34)n2)c1. The number of azo groups is 1. The van der Waals surface area contributed by atoms with Gasteiger partial charge in [0.2, 0.25) is 11.9 Å². The van der Waals surface area contributed by atoms with E-state index >= 15 is 0 Å². The standard InChI is InChI=1S/C30H22FN7O7S2/c1-16-4-2-6-19(12-16)32-29-34-28(31)35-30(36-29)33-24-15-21(46(40,41)42)14-18-8-11-23(27(39)26(18)24)38-37-20-9-10-22-17(13-20)5-3-7-25(22)47(43,44)45/h2-15,39H,1H3,(H,40,41,42)(H,43,44,45)(H2,32,33,34,35,36). The summed E-state index contributed by atoms with van der Waals surface area (Å²) in [5, 5.41) is 25.9. The summed E-state index contributed by atoms with van der Waals surface area (Å²) in [5.74, 6) is -0.982. The van der Waals surface area contributed by atoms with E-state index in [0.717, 1.165) is 17.7 Å². The molecule has 6 rings (SSSR count). The number of nitrogens with zero attached hydrogens (tertiary/aromatic N) is 5. The molecule has 0 saturated carbocycles. The topological polar surface area (TPSA) is 216 Å². The highest BCUT2D eigenvalue weighted by molar-refractivity contribution is 7.86. The van der Waals surface area contributed by atoms with E-state index in [2.05, 4.69) is 35.8 Å². The molecule has 0 spiro atoms. The predicted octanol–water partition coefficient (Wildman–Crippen LogP) is 6.73.